The van der Waals surface area contributed by atoms with Gasteiger partial charge in [-0.2, -0.15) is 0 Å². The molecule has 6 N–H and O–H groups in total. The van der Waals surface area contributed by atoms with Gasteiger partial charge in [-0.15, -0.1) is 0 Å². The third-order valence-electron chi connectivity index (χ3n) is 8.98. The van der Waals surface area contributed by atoms with Crippen LogP contribution in [0.4, 0.5) is 0 Å². The molecule has 0 aliphatic heterocycles. The van der Waals surface area contributed by atoms with Gasteiger partial charge in [-0.05, 0) is 103 Å². The molecular weight excluding hydrogens is 556 g/mol. The van der Waals surface area contributed by atoms with Crippen LogP contribution in [0.5, 0.6) is 0 Å². The van der Waals surface area contributed by atoms with Crippen LogP contribution in [0, 0.1) is 5.41 Å². The molecule has 0 aromatic rings. The van der Waals surface area contributed by atoms with Gasteiger partial charge < -0.3 is 26.8 Å². The number of rotatable bonds is 18. The molecule has 0 fully saturated rings. The van der Waals surface area contributed by atoms with Crippen molar-refractivity contribution in [3.05, 3.63) is 46.1 Å². The van der Waals surface area contributed by atoms with E-state index in [2.05, 4.69) is 68.8 Å². The summed E-state index contributed by atoms with van der Waals surface area (Å²) in [5.74, 6) is -0.973. The lowest BCUT2D eigenvalue weighted by molar-refractivity contribution is -0.134. The van der Waals surface area contributed by atoms with Gasteiger partial charge >= 0.3 is 0 Å². The zero-order valence-electron chi connectivity index (χ0n) is 28.1. The van der Waals surface area contributed by atoms with E-state index in [1.54, 1.807) is 0 Å². The monoisotopic (exact) mass is 614 g/mol. The Labute approximate surface area is 265 Å². The summed E-state index contributed by atoms with van der Waals surface area (Å²) in [6.07, 6.45) is 15.9. The van der Waals surface area contributed by atoms with Crippen LogP contribution in [0.3, 0.4) is 0 Å². The van der Waals surface area contributed by atoms with Crippen LogP contribution in [0.1, 0.15) is 119 Å². The highest BCUT2D eigenvalue weighted by molar-refractivity contribution is 5.87. The Balaban J connectivity index is 0.00000227. The van der Waals surface area contributed by atoms with E-state index in [1.165, 1.54) is 27.9 Å². The van der Waals surface area contributed by atoms with Crippen LogP contribution in [-0.4, -0.2) is 54.5 Å². The molecule has 2 aliphatic carbocycles. The van der Waals surface area contributed by atoms with Crippen molar-refractivity contribution in [2.75, 3.05) is 19.6 Å². The van der Waals surface area contributed by atoms with Gasteiger partial charge in [-0.25, -0.2) is 0 Å². The number of carbonyl (C=O) groups excluding carboxylic acids is 3. The molecule has 1 unspecified atom stereocenters. The van der Waals surface area contributed by atoms with Crippen LogP contribution in [0.15, 0.2) is 46.1 Å². The lowest BCUT2D eigenvalue weighted by Gasteiger charge is -2.29. The van der Waals surface area contributed by atoms with Crippen molar-refractivity contribution in [3.63, 3.8) is 0 Å². The maximum absolute atomic E-state index is 12.9. The van der Waals surface area contributed by atoms with Gasteiger partial charge in [0.1, 0.15) is 6.04 Å². The Hall–Kier alpha value is -3.20. The van der Waals surface area contributed by atoms with Gasteiger partial charge in [0.05, 0.1) is 0 Å². The van der Waals surface area contributed by atoms with Crippen LogP contribution in [0.25, 0.3) is 0 Å². The second kappa shape index (κ2) is 20.7. The number of carbonyl (C=O) groups is 4. The SMILES string of the molecule is CC(=O)O.CC1=C(C)C(C)(CCC(=O)NC(CCCCN)C(=O)NCCCCCC(=O)NCCC2=CCCC=C2)C(C)=C1C. The number of aliphatic carboxylic acids is 1. The minimum absolute atomic E-state index is 0.0836. The summed E-state index contributed by atoms with van der Waals surface area (Å²) in [6, 6.07) is -0.549. The molecule has 248 valence electrons. The Morgan fingerprint density at radius 3 is 2.14 bits per heavy atom. The summed E-state index contributed by atoms with van der Waals surface area (Å²) in [5, 5.41) is 16.4. The highest BCUT2D eigenvalue weighted by atomic mass is 16.4. The second-order valence-corrected chi connectivity index (χ2v) is 12.2. The highest BCUT2D eigenvalue weighted by Crippen LogP contribution is 2.49. The lowest BCUT2D eigenvalue weighted by Crippen LogP contribution is -2.47. The van der Waals surface area contributed by atoms with Gasteiger partial charge in [-0.1, -0.05) is 48.3 Å². The molecule has 0 heterocycles. The number of nitrogens with one attached hydrogen (secondary N) is 3. The first-order chi connectivity index (χ1) is 20.8. The molecule has 2 aliphatic rings. The molecule has 0 bridgehead atoms. The van der Waals surface area contributed by atoms with Crippen LogP contribution in [-0.2, 0) is 19.2 Å². The summed E-state index contributed by atoms with van der Waals surface area (Å²) in [4.78, 5) is 46.9. The van der Waals surface area contributed by atoms with Crippen molar-refractivity contribution in [2.24, 2.45) is 11.1 Å². The third-order valence-corrected chi connectivity index (χ3v) is 8.98. The van der Waals surface area contributed by atoms with Crippen molar-refractivity contribution in [2.45, 2.75) is 125 Å². The second-order valence-electron chi connectivity index (χ2n) is 12.2. The molecule has 3 amide bonds. The summed E-state index contributed by atoms with van der Waals surface area (Å²) in [5.41, 5.74) is 12.2. The Morgan fingerprint density at radius 1 is 0.886 bits per heavy atom. The largest absolute Gasteiger partial charge is 0.481 e. The first-order valence-corrected chi connectivity index (χ1v) is 16.3. The predicted octanol–water partition coefficient (Wildman–Crippen LogP) is 5.62. The molecule has 0 saturated heterocycles. The molecule has 0 spiro atoms. The lowest BCUT2D eigenvalue weighted by atomic mass is 9.75. The smallest absolute Gasteiger partial charge is 0.300 e. The molecule has 9 nitrogen and oxygen atoms in total. The molecule has 0 aromatic carbocycles. The number of carboxylic acid groups (broad SMARTS) is 1. The van der Waals surface area contributed by atoms with Gasteiger partial charge in [0.2, 0.25) is 17.7 Å². The van der Waals surface area contributed by atoms with E-state index < -0.39 is 12.0 Å². The summed E-state index contributed by atoms with van der Waals surface area (Å²) in [7, 11) is 0. The van der Waals surface area contributed by atoms with Crippen molar-refractivity contribution in [3.8, 4) is 0 Å². The number of carboxylic acids is 1. The quantitative estimate of drug-likeness (QED) is 0.126. The van der Waals surface area contributed by atoms with Crippen LogP contribution < -0.4 is 21.7 Å². The topological polar surface area (TPSA) is 151 Å². The average molecular weight is 615 g/mol. The highest BCUT2D eigenvalue weighted by Gasteiger charge is 2.36. The van der Waals surface area contributed by atoms with E-state index in [0.717, 1.165) is 64.7 Å². The predicted molar refractivity (Wildman–Crippen MR) is 178 cm³/mol. The van der Waals surface area contributed by atoms with Gasteiger partial charge in [0.15, 0.2) is 0 Å². The zero-order chi connectivity index (χ0) is 33.1. The molecule has 1 atom stereocenters. The maximum Gasteiger partial charge on any atom is 0.300 e. The van der Waals surface area contributed by atoms with E-state index >= 15 is 0 Å². The zero-order valence-corrected chi connectivity index (χ0v) is 28.1. The first kappa shape index (κ1) is 38.8. The van der Waals surface area contributed by atoms with Crippen molar-refractivity contribution >= 4 is 23.7 Å². The van der Waals surface area contributed by atoms with E-state index in [1.807, 2.05) is 0 Å². The number of nitrogens with two attached hydrogens (primary N) is 1. The minimum atomic E-state index is -0.833. The normalized spacial score (nSPS) is 16.1. The fraction of sp³-hybridized carbons (Fsp3) is 0.657. The van der Waals surface area contributed by atoms with Crippen LogP contribution in [0.2, 0.25) is 0 Å². The van der Waals surface area contributed by atoms with Gasteiger partial charge in [-0.3, -0.25) is 19.2 Å². The number of unbranched alkanes of at least 4 members (excludes halogenated alkanes) is 3. The third kappa shape index (κ3) is 14.1. The summed E-state index contributed by atoms with van der Waals surface area (Å²) in [6.45, 7) is 13.7. The Bertz CT molecular complexity index is 1070. The Kier molecular flexibility index (Phi) is 18.3. The minimum Gasteiger partial charge on any atom is -0.481 e. The van der Waals surface area contributed by atoms with E-state index in [-0.39, 0.29) is 23.1 Å². The van der Waals surface area contributed by atoms with E-state index in [4.69, 9.17) is 15.6 Å². The van der Waals surface area contributed by atoms with Crippen molar-refractivity contribution in [1.82, 2.24) is 16.0 Å². The molecule has 0 saturated carbocycles. The standard InChI is InChI=1S/C33H54N4O3.C2H4O2/c1-24-25(2)27(4)33(5,26(24)3)20-18-31(39)37-29(16-11-12-21-34)32(40)36-22-13-7-10-17-30(38)35-23-19-28-14-8-6-9-15-28;1-2(3)4/h8,14-15,29H,6-7,9-13,16-23,34H2,1-5H3,(H,35,38)(H,36,40)(H,37,39);1H3,(H,3,4). The number of hydrogen-bond donors (Lipinski definition) is 5. The molecular formula is C35H58N4O5. The van der Waals surface area contributed by atoms with E-state index in [0.29, 0.717) is 38.9 Å². The molecule has 2 rings (SSSR count). The first-order valence-electron chi connectivity index (χ1n) is 16.3. The average Bonchev–Trinajstić information content (AvgIpc) is 3.13. The fourth-order valence-electron chi connectivity index (χ4n) is 5.65. The molecule has 44 heavy (non-hydrogen) atoms. The van der Waals surface area contributed by atoms with Gasteiger partial charge in [0.25, 0.3) is 5.97 Å². The molecule has 0 radical (unpaired) electrons. The van der Waals surface area contributed by atoms with Crippen LogP contribution >= 0.6 is 0 Å². The summed E-state index contributed by atoms with van der Waals surface area (Å²) < 4.78 is 0. The fourth-order valence-corrected chi connectivity index (χ4v) is 5.65. The number of allylic oxidation sites excluding steroid dienone is 7. The van der Waals surface area contributed by atoms with Crippen molar-refractivity contribution in [1.29, 1.82) is 0 Å². The Morgan fingerprint density at radius 2 is 1.55 bits per heavy atom. The number of hydrogen-bond acceptors (Lipinski definition) is 5. The summed E-state index contributed by atoms with van der Waals surface area (Å²) >= 11 is 0. The molecule has 9 heteroatoms. The number of amides is 3. The van der Waals surface area contributed by atoms with E-state index in [9.17, 15) is 14.4 Å². The van der Waals surface area contributed by atoms with Crippen molar-refractivity contribution < 1.29 is 24.3 Å². The maximum atomic E-state index is 12.9. The molecule has 0 aromatic heterocycles. The van der Waals surface area contributed by atoms with Gasteiger partial charge in [0, 0.05) is 38.3 Å².